The number of benzene rings is 1. The van der Waals surface area contributed by atoms with Crippen molar-refractivity contribution in [3.63, 3.8) is 0 Å². The molecule has 0 bridgehead atoms. The maximum atomic E-state index is 8.74. The molecule has 0 aliphatic carbocycles. The van der Waals surface area contributed by atoms with Crippen LogP contribution in [0.3, 0.4) is 0 Å². The molecular weight excluding hydrogens is 306 g/mol. The average molecular weight is 325 g/mol. The van der Waals surface area contributed by atoms with Crippen molar-refractivity contribution in [1.29, 1.82) is 0 Å². The van der Waals surface area contributed by atoms with Gasteiger partial charge in [-0.05, 0) is 31.9 Å². The van der Waals surface area contributed by atoms with Gasteiger partial charge in [-0.1, -0.05) is 30.3 Å². The number of fused-ring (bicyclic) bond motifs is 1. The van der Waals surface area contributed by atoms with Crippen LogP contribution >= 0.6 is 0 Å². The maximum absolute atomic E-state index is 8.74. The maximum Gasteiger partial charge on any atom is 0.394 e. The lowest BCUT2D eigenvalue weighted by molar-refractivity contribution is 0.381. The number of allylic oxidation sites excluding steroid dienone is 2. The molecule has 0 spiro atoms. The Morgan fingerprint density at radius 2 is 2.00 bits per heavy atom. The summed E-state index contributed by atoms with van der Waals surface area (Å²) in [5, 5.41) is 4.29. The molecule has 0 saturated heterocycles. The smallest absolute Gasteiger partial charge is 0.266 e. The first-order valence-electron chi connectivity index (χ1n) is 6.57. The second-order valence-electron chi connectivity index (χ2n) is 4.45. The third-order valence-corrected chi connectivity index (χ3v) is 2.67. The normalized spacial score (nSPS) is 14.7. The molecule has 0 radical (unpaired) electrons. The molecule has 0 saturated carbocycles. The van der Waals surface area contributed by atoms with E-state index in [0.29, 0.717) is 0 Å². The minimum Gasteiger partial charge on any atom is -0.266 e. The van der Waals surface area contributed by atoms with Crippen molar-refractivity contribution >= 4 is 21.9 Å². The van der Waals surface area contributed by atoms with Crippen LogP contribution < -0.4 is 5.43 Å². The van der Waals surface area contributed by atoms with Crippen molar-refractivity contribution < 1.29 is 17.5 Å². The number of hydrazone groups is 1. The Bertz CT molecular complexity index is 686. The summed E-state index contributed by atoms with van der Waals surface area (Å²) in [5.41, 5.74) is 6.49. The number of nitrogens with one attached hydrogen (secondary N) is 1. The zero-order valence-electron chi connectivity index (χ0n) is 12.4. The van der Waals surface area contributed by atoms with Crippen molar-refractivity contribution in [2.24, 2.45) is 10.1 Å². The second-order valence-corrected chi connectivity index (χ2v) is 5.35. The van der Waals surface area contributed by atoms with E-state index in [-0.39, 0.29) is 0 Å². The van der Waals surface area contributed by atoms with Gasteiger partial charge >= 0.3 is 10.4 Å². The summed E-state index contributed by atoms with van der Waals surface area (Å²) in [4.78, 5) is 4.48. The molecule has 0 atom stereocenters. The van der Waals surface area contributed by atoms with Gasteiger partial charge in [-0.15, -0.1) is 0 Å². The summed E-state index contributed by atoms with van der Waals surface area (Å²) in [6.45, 7) is 4.77. The highest BCUT2D eigenvalue weighted by molar-refractivity contribution is 7.79. The number of nitrogens with zero attached hydrogens (tertiary/aromatic N) is 2. The highest BCUT2D eigenvalue weighted by Crippen LogP contribution is 2.14. The molecule has 1 heterocycles. The fraction of sp³-hybridized carbons (Fsp3) is 0.286. The topological polar surface area (TPSA) is 111 Å². The van der Waals surface area contributed by atoms with Gasteiger partial charge in [-0.2, -0.15) is 13.5 Å². The third kappa shape index (κ3) is 7.11. The largest absolute Gasteiger partial charge is 0.394 e. The lowest BCUT2D eigenvalue weighted by atomic mass is 10.0. The Labute approximate surface area is 130 Å². The van der Waals surface area contributed by atoms with Crippen LogP contribution in [0, 0.1) is 0 Å². The van der Waals surface area contributed by atoms with Gasteiger partial charge in [0.15, 0.2) is 0 Å². The van der Waals surface area contributed by atoms with E-state index < -0.39 is 10.4 Å². The van der Waals surface area contributed by atoms with E-state index in [2.05, 4.69) is 33.7 Å². The van der Waals surface area contributed by atoms with Crippen molar-refractivity contribution in [2.45, 2.75) is 20.3 Å². The highest BCUT2D eigenvalue weighted by Gasteiger charge is 2.12. The summed E-state index contributed by atoms with van der Waals surface area (Å²) >= 11 is 0. The van der Waals surface area contributed by atoms with Crippen LogP contribution in [-0.2, 0) is 16.8 Å². The third-order valence-electron chi connectivity index (χ3n) is 2.67. The van der Waals surface area contributed by atoms with Gasteiger partial charge in [-0.3, -0.25) is 19.5 Å². The van der Waals surface area contributed by atoms with E-state index in [0.717, 1.165) is 30.1 Å². The summed E-state index contributed by atoms with van der Waals surface area (Å²) in [6, 6.07) is 8.33. The average Bonchev–Trinajstić information content (AvgIpc) is 2.43. The Hall–Kier alpha value is -2.03. The number of hydrogen-bond donors (Lipinski definition) is 3. The molecule has 2 rings (SSSR count). The van der Waals surface area contributed by atoms with Gasteiger partial charge in [0.25, 0.3) is 0 Å². The van der Waals surface area contributed by atoms with Gasteiger partial charge in [-0.25, -0.2) is 0 Å². The first-order valence-corrected chi connectivity index (χ1v) is 7.96. The van der Waals surface area contributed by atoms with Crippen molar-refractivity contribution in [1.82, 2.24) is 5.43 Å². The van der Waals surface area contributed by atoms with E-state index in [1.54, 1.807) is 0 Å². The molecule has 0 fully saturated rings. The van der Waals surface area contributed by atoms with Gasteiger partial charge < -0.3 is 0 Å². The van der Waals surface area contributed by atoms with Crippen molar-refractivity contribution in [3.05, 3.63) is 47.5 Å². The minimum absolute atomic E-state index is 0.831. The number of rotatable bonds is 2. The number of aliphatic imine (C=N–C) groups is 1. The summed E-state index contributed by atoms with van der Waals surface area (Å²) in [6.07, 6.45) is 4.94. The SMILES string of the molecule is C/C=C/C(C)=N\NC1=NCCc2ccccc21.O=S(=O)(O)O. The van der Waals surface area contributed by atoms with E-state index >= 15 is 0 Å². The van der Waals surface area contributed by atoms with Crippen LogP contribution in [0.25, 0.3) is 0 Å². The predicted molar refractivity (Wildman–Crippen MR) is 86.8 cm³/mol. The number of hydrogen-bond acceptors (Lipinski definition) is 5. The Morgan fingerprint density at radius 3 is 2.64 bits per heavy atom. The molecule has 1 aromatic carbocycles. The molecule has 7 nitrogen and oxygen atoms in total. The summed E-state index contributed by atoms with van der Waals surface area (Å²) in [7, 11) is -4.67. The lowest BCUT2D eigenvalue weighted by Gasteiger charge is -2.15. The van der Waals surface area contributed by atoms with Gasteiger partial charge in [0.05, 0.1) is 5.71 Å². The molecule has 120 valence electrons. The molecule has 8 heteroatoms. The standard InChI is InChI=1S/C14H17N3.H2O4S/c1-3-6-11(2)16-17-14-13-8-5-4-7-12(13)9-10-15-14;1-5(2,3)4/h3-8H,9-10H2,1-2H3,(H,15,17);(H2,1,2,3,4)/b6-3+,16-11-;. The van der Waals surface area contributed by atoms with Crippen molar-refractivity contribution in [3.8, 4) is 0 Å². The van der Waals surface area contributed by atoms with Gasteiger partial charge in [0, 0.05) is 12.1 Å². The summed E-state index contributed by atoms with van der Waals surface area (Å²) < 4.78 is 31.6. The van der Waals surface area contributed by atoms with Crippen LogP contribution in [0.15, 0.2) is 46.5 Å². The molecular formula is C14H19N3O4S. The Kier molecular flexibility index (Phi) is 6.90. The van der Waals surface area contributed by atoms with E-state index in [1.165, 1.54) is 5.56 Å². The Balaban J connectivity index is 0.000000422. The highest BCUT2D eigenvalue weighted by atomic mass is 32.3. The molecule has 0 aromatic heterocycles. The van der Waals surface area contributed by atoms with Crippen LogP contribution in [0.1, 0.15) is 25.0 Å². The fourth-order valence-electron chi connectivity index (χ4n) is 1.86. The fourth-order valence-corrected chi connectivity index (χ4v) is 1.86. The van der Waals surface area contributed by atoms with E-state index in [4.69, 9.17) is 17.5 Å². The first-order chi connectivity index (χ1) is 10.3. The molecule has 1 aliphatic heterocycles. The molecule has 22 heavy (non-hydrogen) atoms. The molecule has 3 N–H and O–H groups in total. The van der Waals surface area contributed by atoms with E-state index in [9.17, 15) is 0 Å². The van der Waals surface area contributed by atoms with Crippen LogP contribution in [-0.4, -0.2) is 35.6 Å². The van der Waals surface area contributed by atoms with Crippen LogP contribution in [0.5, 0.6) is 0 Å². The Morgan fingerprint density at radius 1 is 1.36 bits per heavy atom. The van der Waals surface area contributed by atoms with Crippen LogP contribution in [0.2, 0.25) is 0 Å². The van der Waals surface area contributed by atoms with Crippen LogP contribution in [0.4, 0.5) is 0 Å². The monoisotopic (exact) mass is 325 g/mol. The predicted octanol–water partition coefficient (Wildman–Crippen LogP) is 1.88. The summed E-state index contributed by atoms with van der Waals surface area (Å²) in [5.74, 6) is 0.871. The number of amidine groups is 1. The zero-order valence-corrected chi connectivity index (χ0v) is 13.2. The molecule has 1 aliphatic rings. The molecule has 0 amide bonds. The van der Waals surface area contributed by atoms with Gasteiger partial charge in [0.2, 0.25) is 0 Å². The minimum atomic E-state index is -4.67. The van der Waals surface area contributed by atoms with E-state index in [1.807, 2.05) is 32.1 Å². The van der Waals surface area contributed by atoms with Gasteiger partial charge in [0.1, 0.15) is 5.84 Å². The molecule has 0 unspecified atom stereocenters. The zero-order chi connectivity index (χ0) is 16.6. The lowest BCUT2D eigenvalue weighted by Crippen LogP contribution is -2.25. The second kappa shape index (κ2) is 8.42. The van der Waals surface area contributed by atoms with Crippen molar-refractivity contribution in [2.75, 3.05) is 6.54 Å². The quantitative estimate of drug-likeness (QED) is 0.437. The first kappa shape index (κ1) is 18.0. The molecule has 1 aromatic rings.